The first kappa shape index (κ1) is 24.9. The number of Topliss-reactive ketones (excluding diaryl/α,β-unsaturated/α-hetero) is 2. The number of aliphatic hydroxyl groups is 1. The van der Waals surface area contributed by atoms with E-state index in [1.807, 2.05) is 36.9 Å². The van der Waals surface area contributed by atoms with Crippen molar-refractivity contribution in [1.29, 1.82) is 0 Å². The van der Waals surface area contributed by atoms with Crippen LogP contribution in [0.25, 0.3) is 0 Å². The number of aryl methyl sites for hydroxylation is 1. The van der Waals surface area contributed by atoms with Crippen LogP contribution in [0.4, 0.5) is 8.78 Å². The van der Waals surface area contributed by atoms with Gasteiger partial charge in [0.2, 0.25) is 0 Å². The molecule has 1 heterocycles. The zero-order chi connectivity index (χ0) is 25.1. The van der Waals surface area contributed by atoms with Gasteiger partial charge in [-0.05, 0) is 54.8 Å². The smallest absolute Gasteiger partial charge is 0.167 e. The average molecular weight is 478 g/mol. The van der Waals surface area contributed by atoms with Crippen LogP contribution in [0.2, 0.25) is 0 Å². The molecule has 0 amide bonds. The van der Waals surface area contributed by atoms with Crippen LogP contribution in [0.1, 0.15) is 43.3 Å². The monoisotopic (exact) mass is 477 g/mol. The van der Waals surface area contributed by atoms with Crippen LogP contribution in [-0.4, -0.2) is 47.8 Å². The van der Waals surface area contributed by atoms with E-state index in [4.69, 9.17) is 0 Å². The second-order valence-corrected chi connectivity index (χ2v) is 9.26. The number of aliphatic hydroxyl groups excluding tert-OH is 1. The molecule has 0 aliphatic carbocycles. The highest BCUT2D eigenvalue weighted by molar-refractivity contribution is 6.02. The lowest BCUT2D eigenvalue weighted by Gasteiger charge is -2.43. The highest BCUT2D eigenvalue weighted by atomic mass is 19.1. The van der Waals surface area contributed by atoms with E-state index in [1.165, 1.54) is 36.4 Å². The van der Waals surface area contributed by atoms with Crippen molar-refractivity contribution in [3.8, 4) is 0 Å². The summed E-state index contributed by atoms with van der Waals surface area (Å²) in [6, 6.07) is 17.0. The van der Waals surface area contributed by atoms with Crippen LogP contribution in [0, 0.1) is 37.3 Å². The molecule has 3 atom stereocenters. The molecule has 0 spiro atoms. The molecule has 3 aromatic rings. The number of β-amino-alcohol motifs (C(OH)–C–C–N with tert-alkyl or cyclic N) is 1. The van der Waals surface area contributed by atoms with Crippen molar-refractivity contribution in [2.75, 3.05) is 26.2 Å². The van der Waals surface area contributed by atoms with Gasteiger partial charge in [-0.25, -0.2) is 8.78 Å². The molecule has 0 bridgehead atoms. The van der Waals surface area contributed by atoms with Gasteiger partial charge in [-0.15, -0.1) is 0 Å². The molecule has 4 rings (SSSR count). The Morgan fingerprint density at radius 3 is 1.86 bits per heavy atom. The second kappa shape index (κ2) is 10.6. The fourth-order valence-electron chi connectivity index (χ4n) is 5.23. The van der Waals surface area contributed by atoms with Crippen molar-refractivity contribution in [2.24, 2.45) is 11.8 Å². The minimum Gasteiger partial charge on any atom is -0.395 e. The van der Waals surface area contributed by atoms with Gasteiger partial charge in [-0.2, -0.15) is 0 Å². The third kappa shape index (κ3) is 5.24. The Morgan fingerprint density at radius 2 is 1.37 bits per heavy atom. The third-order valence-electron chi connectivity index (χ3n) is 7.09. The first-order chi connectivity index (χ1) is 16.8. The standard InChI is InChI=1S/C29H29F2NO3/c1-18-6-3-11-24(19(18)2)27-25(28(34)20-7-4-9-22(30)14-20)16-32(12-13-33)17-26(27)29(35)21-8-5-10-23(31)15-21/h3-11,14-15,25-27,33H,12-13,16-17H2,1-2H3/t25-,26+,27?. The SMILES string of the molecule is Cc1cccc(C2[C@@H](C(=O)c3cccc(F)c3)CN(CCO)C[C@H]2C(=O)c2cccc(F)c2)c1C. The van der Waals surface area contributed by atoms with E-state index >= 15 is 0 Å². The summed E-state index contributed by atoms with van der Waals surface area (Å²) in [4.78, 5) is 29.5. The number of halogens is 2. The summed E-state index contributed by atoms with van der Waals surface area (Å²) in [6.07, 6.45) is 0. The number of carbonyl (C=O) groups excluding carboxylic acids is 2. The van der Waals surface area contributed by atoms with Crippen LogP contribution >= 0.6 is 0 Å². The number of likely N-dealkylation sites (tertiary alicyclic amines) is 1. The number of hydrogen-bond donors (Lipinski definition) is 1. The number of rotatable bonds is 7. The molecule has 0 aromatic heterocycles. The van der Waals surface area contributed by atoms with E-state index in [0.29, 0.717) is 19.6 Å². The van der Waals surface area contributed by atoms with Crippen molar-refractivity contribution in [2.45, 2.75) is 19.8 Å². The lowest BCUT2D eigenvalue weighted by Crippen LogP contribution is -2.51. The molecule has 1 N–H and O–H groups in total. The average Bonchev–Trinajstić information content (AvgIpc) is 2.85. The van der Waals surface area contributed by atoms with Crippen molar-refractivity contribution in [3.63, 3.8) is 0 Å². The maximum absolute atomic E-state index is 14.0. The Bertz CT molecular complexity index is 1170. The number of benzene rings is 3. The molecule has 1 aliphatic rings. The van der Waals surface area contributed by atoms with Gasteiger partial charge in [0.05, 0.1) is 6.61 Å². The van der Waals surface area contributed by atoms with Crippen LogP contribution < -0.4 is 0 Å². The largest absolute Gasteiger partial charge is 0.395 e. The minimum absolute atomic E-state index is 0.129. The normalized spacial score (nSPS) is 20.5. The summed E-state index contributed by atoms with van der Waals surface area (Å²) >= 11 is 0. The van der Waals surface area contributed by atoms with Crippen LogP contribution in [-0.2, 0) is 0 Å². The zero-order valence-corrected chi connectivity index (χ0v) is 19.9. The van der Waals surface area contributed by atoms with Crippen molar-refractivity contribution < 1.29 is 23.5 Å². The molecule has 35 heavy (non-hydrogen) atoms. The highest BCUT2D eigenvalue weighted by Gasteiger charge is 2.45. The van der Waals surface area contributed by atoms with Gasteiger partial charge in [0.15, 0.2) is 11.6 Å². The molecule has 1 fully saturated rings. The number of ketones is 2. The molecule has 1 aliphatic heterocycles. The van der Waals surface area contributed by atoms with E-state index in [2.05, 4.69) is 0 Å². The van der Waals surface area contributed by atoms with Crippen molar-refractivity contribution >= 4 is 11.6 Å². The Morgan fingerprint density at radius 1 is 0.857 bits per heavy atom. The molecule has 1 saturated heterocycles. The van der Waals surface area contributed by atoms with E-state index < -0.39 is 29.4 Å². The van der Waals surface area contributed by atoms with Gasteiger partial charge >= 0.3 is 0 Å². The lowest BCUT2D eigenvalue weighted by molar-refractivity contribution is 0.0529. The Kier molecular flexibility index (Phi) is 7.53. The Hall–Kier alpha value is -3.22. The zero-order valence-electron chi connectivity index (χ0n) is 19.9. The summed E-state index contributed by atoms with van der Waals surface area (Å²) < 4.78 is 28.0. The fraction of sp³-hybridized carbons (Fsp3) is 0.310. The molecule has 1 unspecified atom stereocenters. The predicted octanol–water partition coefficient (Wildman–Crippen LogP) is 4.97. The van der Waals surface area contributed by atoms with E-state index in [1.54, 1.807) is 12.1 Å². The predicted molar refractivity (Wildman–Crippen MR) is 131 cm³/mol. The maximum Gasteiger partial charge on any atom is 0.167 e. The molecular formula is C29H29F2NO3. The van der Waals surface area contributed by atoms with Gasteiger partial charge in [-0.1, -0.05) is 42.5 Å². The van der Waals surface area contributed by atoms with Gasteiger partial charge in [0.1, 0.15) is 11.6 Å². The third-order valence-corrected chi connectivity index (χ3v) is 7.09. The molecule has 4 nitrogen and oxygen atoms in total. The lowest BCUT2D eigenvalue weighted by atomic mass is 9.67. The van der Waals surface area contributed by atoms with Gasteiger partial charge < -0.3 is 5.11 Å². The molecule has 0 radical (unpaired) electrons. The van der Waals surface area contributed by atoms with Crippen LogP contribution in [0.15, 0.2) is 66.7 Å². The first-order valence-electron chi connectivity index (χ1n) is 11.8. The summed E-state index contributed by atoms with van der Waals surface area (Å²) in [5.41, 5.74) is 3.40. The molecule has 6 heteroatoms. The van der Waals surface area contributed by atoms with Gasteiger partial charge in [0, 0.05) is 48.5 Å². The summed E-state index contributed by atoms with van der Waals surface area (Å²) in [5.74, 6) is -3.31. The summed E-state index contributed by atoms with van der Waals surface area (Å²) in [6.45, 7) is 4.75. The number of piperidine rings is 1. The quantitative estimate of drug-likeness (QED) is 0.488. The van der Waals surface area contributed by atoms with Crippen LogP contribution in [0.5, 0.6) is 0 Å². The first-order valence-corrected chi connectivity index (χ1v) is 11.8. The summed E-state index contributed by atoms with van der Waals surface area (Å²) in [5, 5.41) is 9.63. The summed E-state index contributed by atoms with van der Waals surface area (Å²) in [7, 11) is 0. The molecule has 0 saturated carbocycles. The van der Waals surface area contributed by atoms with Crippen LogP contribution in [0.3, 0.4) is 0 Å². The number of nitrogens with zero attached hydrogens (tertiary/aromatic N) is 1. The number of carbonyl (C=O) groups is 2. The maximum atomic E-state index is 14.0. The Labute approximate surface area is 204 Å². The number of hydrogen-bond acceptors (Lipinski definition) is 4. The van der Waals surface area contributed by atoms with Crippen molar-refractivity contribution in [1.82, 2.24) is 4.90 Å². The molecule has 3 aromatic carbocycles. The minimum atomic E-state index is -0.653. The van der Waals surface area contributed by atoms with E-state index in [9.17, 15) is 23.5 Å². The van der Waals surface area contributed by atoms with E-state index in [0.717, 1.165) is 16.7 Å². The second-order valence-electron chi connectivity index (χ2n) is 9.26. The molecule has 182 valence electrons. The highest BCUT2D eigenvalue weighted by Crippen LogP contribution is 2.42. The van der Waals surface area contributed by atoms with Gasteiger partial charge in [-0.3, -0.25) is 14.5 Å². The van der Waals surface area contributed by atoms with Gasteiger partial charge in [0.25, 0.3) is 0 Å². The molecular weight excluding hydrogens is 448 g/mol. The fourth-order valence-corrected chi connectivity index (χ4v) is 5.23. The van der Waals surface area contributed by atoms with E-state index in [-0.39, 0.29) is 29.3 Å². The topological polar surface area (TPSA) is 57.6 Å². The van der Waals surface area contributed by atoms with Crippen molar-refractivity contribution in [3.05, 3.63) is 106 Å². The Balaban J connectivity index is 1.86.